The number of thioether (sulfide) groups is 1. The second-order valence-corrected chi connectivity index (χ2v) is 12.1. The summed E-state index contributed by atoms with van der Waals surface area (Å²) in [5.41, 5.74) is 13.3. The van der Waals surface area contributed by atoms with E-state index in [4.69, 9.17) is 11.5 Å². The van der Waals surface area contributed by atoms with Crippen LogP contribution in [0, 0.1) is 0 Å². The number of hydrogen-bond donors (Lipinski definition) is 6. The van der Waals surface area contributed by atoms with Gasteiger partial charge in [-0.25, -0.2) is 0 Å². The summed E-state index contributed by atoms with van der Waals surface area (Å²) in [6, 6.07) is 12.0. The smallest absolute Gasteiger partial charge is 0.272 e. The van der Waals surface area contributed by atoms with Gasteiger partial charge in [0, 0.05) is 67.8 Å². The minimum absolute atomic E-state index is 0.0606. The highest BCUT2D eigenvalue weighted by Crippen LogP contribution is 2.22. The third-order valence-corrected chi connectivity index (χ3v) is 8.58. The number of carbonyl (C=O) groups is 4. The highest BCUT2D eigenvalue weighted by atomic mass is 79.9. The lowest BCUT2D eigenvalue weighted by atomic mass is 10.2. The van der Waals surface area contributed by atoms with E-state index in [1.54, 1.807) is 95.5 Å². The molecule has 8 N–H and O–H groups in total. The van der Waals surface area contributed by atoms with E-state index < -0.39 is 11.8 Å². The Morgan fingerprint density at radius 1 is 0.739 bits per heavy atom. The van der Waals surface area contributed by atoms with Crippen LogP contribution in [0.5, 0.6) is 0 Å². The number of carbonyl (C=O) groups excluding carboxylic acids is 4. The molecule has 4 amide bonds. The summed E-state index contributed by atoms with van der Waals surface area (Å²) in [5.74, 6) is -0.634. The number of rotatable bonds is 13. The Labute approximate surface area is 278 Å². The van der Waals surface area contributed by atoms with Crippen LogP contribution in [0.25, 0.3) is 0 Å². The third-order valence-electron chi connectivity index (χ3n) is 6.64. The number of anilines is 3. The maximum atomic E-state index is 13.1. The molecule has 0 unspecified atom stereocenters. The van der Waals surface area contributed by atoms with Crippen molar-refractivity contribution in [2.75, 3.05) is 40.1 Å². The molecule has 4 rings (SSSR count). The van der Waals surface area contributed by atoms with Gasteiger partial charge in [0.25, 0.3) is 23.6 Å². The van der Waals surface area contributed by atoms with E-state index in [9.17, 15) is 19.2 Å². The van der Waals surface area contributed by atoms with E-state index in [-0.39, 0.29) is 36.6 Å². The predicted molar refractivity (Wildman–Crippen MR) is 184 cm³/mol. The molecule has 0 bridgehead atoms. The van der Waals surface area contributed by atoms with Crippen LogP contribution in [0.2, 0.25) is 0 Å². The van der Waals surface area contributed by atoms with Gasteiger partial charge < -0.3 is 46.4 Å². The molecule has 0 atom stereocenters. The fraction of sp³-hybridized carbons (Fsp3) is 0.233. The van der Waals surface area contributed by atoms with Crippen molar-refractivity contribution in [1.29, 1.82) is 0 Å². The van der Waals surface area contributed by atoms with Gasteiger partial charge in [0.05, 0.1) is 23.6 Å². The van der Waals surface area contributed by atoms with Gasteiger partial charge in [-0.2, -0.15) is 0 Å². The number of nitrogens with two attached hydrogens (primary N) is 2. The van der Waals surface area contributed by atoms with Gasteiger partial charge in [0.15, 0.2) is 5.96 Å². The molecule has 3 heterocycles. The van der Waals surface area contributed by atoms with Crippen LogP contribution in [0.3, 0.4) is 0 Å². The molecule has 242 valence electrons. The summed E-state index contributed by atoms with van der Waals surface area (Å²) in [4.78, 5) is 56.4. The van der Waals surface area contributed by atoms with Crippen LogP contribution >= 0.6 is 27.7 Å². The fourth-order valence-electron chi connectivity index (χ4n) is 4.47. The largest absolute Gasteiger partial charge is 0.370 e. The molecule has 14 nitrogen and oxygen atoms in total. The highest BCUT2D eigenvalue weighted by Gasteiger charge is 2.19. The normalized spacial score (nSPS) is 10.7. The molecular weight excluding hydrogens is 676 g/mol. The number of nitrogens with one attached hydrogen (secondary N) is 4. The first-order valence-corrected chi connectivity index (χ1v) is 16.1. The van der Waals surface area contributed by atoms with Gasteiger partial charge in [-0.1, -0.05) is 15.9 Å². The number of nitrogens with zero attached hydrogens (tertiary/aromatic N) is 4. The summed E-state index contributed by atoms with van der Waals surface area (Å²) in [6.45, 7) is 0.481. The van der Waals surface area contributed by atoms with Crippen molar-refractivity contribution in [3.05, 3.63) is 83.7 Å². The quantitative estimate of drug-likeness (QED) is 0.0403. The zero-order chi connectivity index (χ0) is 33.4. The summed E-state index contributed by atoms with van der Waals surface area (Å²) in [7, 11) is 5.05. The number of hydrogen-bond acceptors (Lipinski definition) is 6. The second-order valence-electron chi connectivity index (χ2n) is 10.2. The fourth-order valence-corrected chi connectivity index (χ4v) is 5.60. The highest BCUT2D eigenvalue weighted by molar-refractivity contribution is 9.09. The molecule has 0 radical (unpaired) electrons. The number of alkyl halides is 1. The summed E-state index contributed by atoms with van der Waals surface area (Å²) < 4.78 is 4.76. The number of amides is 4. The number of halogens is 1. The molecule has 0 spiro atoms. The van der Waals surface area contributed by atoms with Gasteiger partial charge in [-0.15, -0.1) is 11.8 Å². The van der Waals surface area contributed by atoms with E-state index >= 15 is 0 Å². The lowest BCUT2D eigenvalue weighted by Crippen LogP contribution is -2.29. The summed E-state index contributed by atoms with van der Waals surface area (Å²) >= 11 is 5.09. The topological polar surface area (TPSA) is 196 Å². The Hall–Kier alpha value is -4.96. The van der Waals surface area contributed by atoms with Crippen molar-refractivity contribution in [1.82, 2.24) is 19.0 Å². The molecule has 1 aromatic carbocycles. The molecule has 3 aromatic heterocycles. The summed E-state index contributed by atoms with van der Waals surface area (Å²) in [6.07, 6.45) is 4.87. The molecule has 0 aliphatic rings. The standard InChI is InChI=1S/C30H35BrN10O4S/c1-39-16-20(12-23(39)27(43)34-9-10-35-30(32)33)37-29(45)25-14-21(17-41(25)3)38-28(44)24-13-19(15-40(24)2)36-26(42)18-4-6-22(7-5-18)46-11-8-31/h4-7,12-17H,8-11H2,1-3H3,(H,34,43)(H,36,42)(H,37,45)(H,38,44)(H4,32,33,35). The van der Waals surface area contributed by atoms with Crippen molar-refractivity contribution >= 4 is 74.3 Å². The zero-order valence-corrected chi connectivity index (χ0v) is 27.9. The predicted octanol–water partition coefficient (Wildman–Crippen LogP) is 2.95. The lowest BCUT2D eigenvalue weighted by molar-refractivity contribution is 0.0944. The number of aliphatic imine (C=N–C) groups is 1. The van der Waals surface area contributed by atoms with Crippen LogP contribution in [0.15, 0.2) is 70.9 Å². The minimum atomic E-state index is -0.438. The molecule has 4 aromatic rings. The number of aryl methyl sites for hydroxylation is 3. The van der Waals surface area contributed by atoms with Crippen molar-refractivity contribution in [2.24, 2.45) is 37.6 Å². The van der Waals surface area contributed by atoms with Crippen molar-refractivity contribution in [3.63, 3.8) is 0 Å². The minimum Gasteiger partial charge on any atom is -0.370 e. The lowest BCUT2D eigenvalue weighted by Gasteiger charge is -2.04. The van der Waals surface area contributed by atoms with Crippen molar-refractivity contribution < 1.29 is 19.2 Å². The Bertz CT molecular complexity index is 1770. The van der Waals surface area contributed by atoms with Crippen molar-refractivity contribution in [2.45, 2.75) is 4.90 Å². The van der Waals surface area contributed by atoms with E-state index in [1.807, 2.05) is 12.1 Å². The Morgan fingerprint density at radius 3 is 1.65 bits per heavy atom. The molecule has 0 fully saturated rings. The van der Waals surface area contributed by atoms with Gasteiger partial charge in [-0.3, -0.25) is 24.2 Å². The van der Waals surface area contributed by atoms with Crippen LogP contribution < -0.4 is 32.7 Å². The summed E-state index contributed by atoms with van der Waals surface area (Å²) in [5, 5.41) is 12.0. The van der Waals surface area contributed by atoms with E-state index in [1.165, 1.54) is 0 Å². The zero-order valence-electron chi connectivity index (χ0n) is 25.5. The average Bonchev–Trinajstić information content (AvgIpc) is 3.69. The first-order chi connectivity index (χ1) is 21.9. The van der Waals surface area contributed by atoms with E-state index in [2.05, 4.69) is 42.2 Å². The van der Waals surface area contributed by atoms with Crippen LogP contribution in [-0.4, -0.2) is 67.5 Å². The van der Waals surface area contributed by atoms with Crippen LogP contribution in [0.1, 0.15) is 41.8 Å². The molecule has 0 saturated heterocycles. The molecule has 0 aliphatic carbocycles. The van der Waals surface area contributed by atoms with Gasteiger partial charge in [0.2, 0.25) is 0 Å². The van der Waals surface area contributed by atoms with Crippen LogP contribution in [-0.2, 0) is 21.1 Å². The molecule has 0 aliphatic heterocycles. The van der Waals surface area contributed by atoms with Gasteiger partial charge >= 0.3 is 0 Å². The SMILES string of the molecule is Cn1cc(NC(=O)c2cc(NC(=O)c3cc(NC(=O)c4ccc(SCCBr)cc4)cn3C)cn2C)cc1C(=O)NCCN=C(N)N. The Morgan fingerprint density at radius 2 is 1.20 bits per heavy atom. The Kier molecular flexibility index (Phi) is 11.3. The molecule has 46 heavy (non-hydrogen) atoms. The number of benzene rings is 1. The maximum absolute atomic E-state index is 13.1. The molecular formula is C30H35BrN10O4S. The first kappa shape index (κ1) is 33.9. The molecule has 16 heteroatoms. The van der Waals surface area contributed by atoms with Gasteiger partial charge in [0.1, 0.15) is 17.1 Å². The van der Waals surface area contributed by atoms with Crippen molar-refractivity contribution in [3.8, 4) is 0 Å². The van der Waals surface area contributed by atoms with E-state index in [0.717, 1.165) is 16.0 Å². The third kappa shape index (κ3) is 8.82. The number of aromatic nitrogens is 3. The van der Waals surface area contributed by atoms with Crippen LogP contribution in [0.4, 0.5) is 17.1 Å². The van der Waals surface area contributed by atoms with Gasteiger partial charge in [-0.05, 0) is 42.5 Å². The van der Waals surface area contributed by atoms with E-state index in [0.29, 0.717) is 34.0 Å². The first-order valence-electron chi connectivity index (χ1n) is 14.0. The Balaban J connectivity index is 1.35. The number of guanidine groups is 1. The molecule has 0 saturated carbocycles. The second kappa shape index (κ2) is 15.4. The average molecular weight is 712 g/mol. The monoisotopic (exact) mass is 710 g/mol. The maximum Gasteiger partial charge on any atom is 0.272 e.